The first-order valence-corrected chi connectivity index (χ1v) is 4.68. The summed E-state index contributed by atoms with van der Waals surface area (Å²) >= 11 is 0. The lowest BCUT2D eigenvalue weighted by Crippen LogP contribution is -2.04. The number of benzene rings is 1. The maximum absolute atomic E-state index is 11.3. The highest BCUT2D eigenvalue weighted by Crippen LogP contribution is 2.06. The van der Waals surface area contributed by atoms with Gasteiger partial charge >= 0.3 is 5.97 Å². The van der Waals surface area contributed by atoms with Gasteiger partial charge in [0.2, 0.25) is 0 Å². The molecule has 0 spiro atoms. The maximum atomic E-state index is 11.3. The van der Waals surface area contributed by atoms with Crippen LogP contribution in [0.2, 0.25) is 0 Å². The molecule has 0 saturated carbocycles. The van der Waals surface area contributed by atoms with E-state index >= 15 is 0 Å². The molecule has 3 heteroatoms. The zero-order chi connectivity index (χ0) is 10.4. The second kappa shape index (κ2) is 5.40. The third kappa shape index (κ3) is 2.85. The van der Waals surface area contributed by atoms with Crippen molar-refractivity contribution in [2.45, 2.75) is 13.3 Å². The Bertz CT molecular complexity index is 293. The fourth-order valence-electron chi connectivity index (χ4n) is 1.17. The van der Waals surface area contributed by atoms with Crippen LogP contribution in [0.15, 0.2) is 24.3 Å². The largest absolute Gasteiger partial charge is 0.462 e. The summed E-state index contributed by atoms with van der Waals surface area (Å²) in [5.41, 5.74) is 8.70. The van der Waals surface area contributed by atoms with E-state index in [1.165, 1.54) is 0 Å². The van der Waals surface area contributed by atoms with Gasteiger partial charge in [-0.2, -0.15) is 0 Å². The van der Waals surface area contributed by atoms with Gasteiger partial charge in [0.25, 0.3) is 0 Å². The molecule has 0 aromatic heterocycles. The Morgan fingerprint density at radius 1 is 1.36 bits per heavy atom. The average Bonchev–Trinajstić information content (AvgIpc) is 2.20. The maximum Gasteiger partial charge on any atom is 0.338 e. The molecule has 0 unspecified atom stereocenters. The molecule has 0 atom stereocenters. The topological polar surface area (TPSA) is 50.1 Å². The van der Waals surface area contributed by atoms with Gasteiger partial charge in [-0.25, -0.2) is 4.79 Å². The molecule has 0 aliphatic carbocycles. The SMILES string of the molecule is CCOC(=O)c1ccc(CC[NH])cc1. The highest BCUT2D eigenvalue weighted by molar-refractivity contribution is 5.89. The molecular weight excluding hydrogens is 178 g/mol. The van der Waals surface area contributed by atoms with E-state index in [9.17, 15) is 4.79 Å². The van der Waals surface area contributed by atoms with Crippen molar-refractivity contribution in [3.8, 4) is 0 Å². The van der Waals surface area contributed by atoms with Gasteiger partial charge in [0.15, 0.2) is 0 Å². The van der Waals surface area contributed by atoms with Gasteiger partial charge < -0.3 is 4.74 Å². The summed E-state index contributed by atoms with van der Waals surface area (Å²) in [7, 11) is 0. The van der Waals surface area contributed by atoms with Gasteiger partial charge in [-0.1, -0.05) is 12.1 Å². The van der Waals surface area contributed by atoms with E-state index in [2.05, 4.69) is 0 Å². The molecule has 0 heterocycles. The van der Waals surface area contributed by atoms with Crippen molar-refractivity contribution in [2.24, 2.45) is 0 Å². The molecule has 1 aromatic rings. The molecule has 0 aliphatic rings. The Kier molecular flexibility index (Phi) is 4.13. The molecule has 0 saturated heterocycles. The number of carbonyl (C=O) groups excluding carboxylic acids is 1. The van der Waals surface area contributed by atoms with Crippen LogP contribution in [-0.4, -0.2) is 19.1 Å². The average molecular weight is 192 g/mol. The van der Waals surface area contributed by atoms with E-state index in [1.54, 1.807) is 19.1 Å². The van der Waals surface area contributed by atoms with Crippen LogP contribution in [0.4, 0.5) is 0 Å². The van der Waals surface area contributed by atoms with Crippen LogP contribution in [0.25, 0.3) is 0 Å². The second-order valence-corrected chi connectivity index (χ2v) is 2.92. The van der Waals surface area contributed by atoms with Crippen LogP contribution in [-0.2, 0) is 11.2 Å². The van der Waals surface area contributed by atoms with Crippen molar-refractivity contribution in [1.82, 2.24) is 5.73 Å². The Labute approximate surface area is 83.9 Å². The van der Waals surface area contributed by atoms with E-state index in [1.807, 2.05) is 12.1 Å². The highest BCUT2D eigenvalue weighted by Gasteiger charge is 2.04. The van der Waals surface area contributed by atoms with Crippen molar-refractivity contribution in [2.75, 3.05) is 13.2 Å². The van der Waals surface area contributed by atoms with Crippen LogP contribution in [0.1, 0.15) is 22.8 Å². The van der Waals surface area contributed by atoms with Gasteiger partial charge in [-0.05, 0) is 31.0 Å². The van der Waals surface area contributed by atoms with Gasteiger partial charge in [0, 0.05) is 6.54 Å². The lowest BCUT2D eigenvalue weighted by molar-refractivity contribution is 0.0526. The van der Waals surface area contributed by atoms with Crippen LogP contribution in [0.3, 0.4) is 0 Å². The van der Waals surface area contributed by atoms with E-state index in [-0.39, 0.29) is 5.97 Å². The summed E-state index contributed by atoms with van der Waals surface area (Å²) < 4.78 is 4.85. The first kappa shape index (κ1) is 10.7. The highest BCUT2D eigenvalue weighted by atomic mass is 16.5. The molecule has 75 valence electrons. The molecule has 0 fully saturated rings. The summed E-state index contributed by atoms with van der Waals surface area (Å²) in [4.78, 5) is 11.3. The van der Waals surface area contributed by atoms with E-state index in [4.69, 9.17) is 10.5 Å². The minimum atomic E-state index is -0.287. The van der Waals surface area contributed by atoms with Crippen molar-refractivity contribution < 1.29 is 9.53 Å². The summed E-state index contributed by atoms with van der Waals surface area (Å²) in [6, 6.07) is 7.20. The molecule has 14 heavy (non-hydrogen) atoms. The van der Waals surface area contributed by atoms with Gasteiger partial charge in [-0.3, -0.25) is 5.73 Å². The zero-order valence-corrected chi connectivity index (χ0v) is 8.25. The van der Waals surface area contributed by atoms with Crippen LogP contribution in [0.5, 0.6) is 0 Å². The Balaban J connectivity index is 2.67. The summed E-state index contributed by atoms with van der Waals surface area (Å²) in [6.07, 6.45) is 0.725. The molecule has 0 bridgehead atoms. The standard InChI is InChI=1S/C11H14NO2/c1-2-14-11(13)10-5-3-9(4-6-10)7-8-12/h3-6,12H,2,7-8H2,1H3. The van der Waals surface area contributed by atoms with Gasteiger partial charge in [0.05, 0.1) is 12.2 Å². The summed E-state index contributed by atoms with van der Waals surface area (Å²) in [5, 5.41) is 0. The van der Waals surface area contributed by atoms with Crippen molar-refractivity contribution in [1.29, 1.82) is 0 Å². The second-order valence-electron chi connectivity index (χ2n) is 2.92. The number of esters is 1. The number of ether oxygens (including phenoxy) is 1. The molecule has 0 aliphatic heterocycles. The third-order valence-electron chi connectivity index (χ3n) is 1.88. The molecular formula is C11H14NO2. The minimum absolute atomic E-state index is 0.287. The lowest BCUT2D eigenvalue weighted by Gasteiger charge is -2.02. The van der Waals surface area contributed by atoms with Crippen molar-refractivity contribution in [3.63, 3.8) is 0 Å². The Hall–Kier alpha value is -1.35. The number of nitrogens with one attached hydrogen (secondary N) is 1. The van der Waals surface area contributed by atoms with Crippen LogP contribution < -0.4 is 5.73 Å². The molecule has 1 radical (unpaired) electrons. The van der Waals surface area contributed by atoms with Crippen molar-refractivity contribution in [3.05, 3.63) is 35.4 Å². The monoisotopic (exact) mass is 192 g/mol. The Morgan fingerprint density at radius 2 is 2.00 bits per heavy atom. The van der Waals surface area contributed by atoms with Crippen molar-refractivity contribution >= 4 is 5.97 Å². The molecule has 1 rings (SSSR count). The first-order chi connectivity index (χ1) is 6.77. The number of carbonyl (C=O) groups is 1. The summed E-state index contributed by atoms with van der Waals surface area (Å²) in [6.45, 7) is 2.55. The molecule has 1 aromatic carbocycles. The first-order valence-electron chi connectivity index (χ1n) is 4.68. The third-order valence-corrected chi connectivity index (χ3v) is 1.88. The van der Waals surface area contributed by atoms with Crippen LogP contribution in [0, 0.1) is 0 Å². The van der Waals surface area contributed by atoms with Crippen LogP contribution >= 0.6 is 0 Å². The Morgan fingerprint density at radius 3 is 2.50 bits per heavy atom. The fraction of sp³-hybridized carbons (Fsp3) is 0.364. The minimum Gasteiger partial charge on any atom is -0.462 e. The van der Waals surface area contributed by atoms with E-state index < -0.39 is 0 Å². The molecule has 3 nitrogen and oxygen atoms in total. The fourth-order valence-corrected chi connectivity index (χ4v) is 1.17. The smallest absolute Gasteiger partial charge is 0.338 e. The van der Waals surface area contributed by atoms with Gasteiger partial charge in [-0.15, -0.1) is 0 Å². The molecule has 0 amide bonds. The predicted molar refractivity (Wildman–Crippen MR) is 54.1 cm³/mol. The number of hydrogen-bond acceptors (Lipinski definition) is 2. The number of hydrogen-bond donors (Lipinski definition) is 0. The lowest BCUT2D eigenvalue weighted by atomic mass is 10.1. The van der Waals surface area contributed by atoms with E-state index in [0.717, 1.165) is 12.0 Å². The quantitative estimate of drug-likeness (QED) is 0.681. The molecule has 1 N–H and O–H groups in total. The zero-order valence-electron chi connectivity index (χ0n) is 8.25. The predicted octanol–water partition coefficient (Wildman–Crippen LogP) is 1.69. The normalized spacial score (nSPS) is 9.86. The van der Waals surface area contributed by atoms with Gasteiger partial charge in [0.1, 0.15) is 0 Å². The number of rotatable bonds is 4. The van der Waals surface area contributed by atoms with E-state index in [0.29, 0.717) is 18.7 Å². The summed E-state index contributed by atoms with van der Waals surface area (Å²) in [5.74, 6) is -0.287.